The molecule has 1 aliphatic carbocycles. The Morgan fingerprint density at radius 2 is 1.62 bits per heavy atom. The van der Waals surface area contributed by atoms with Crippen molar-refractivity contribution in [1.82, 2.24) is 15.1 Å². The SMILES string of the molecule is COc1ccc(-c2nnc(N3CCN(C(=O)C4CC4)CC3)c3ccccc23)cc1. The molecule has 5 rings (SSSR count). The number of hydrogen-bond donors (Lipinski definition) is 0. The van der Waals surface area contributed by atoms with Gasteiger partial charge in [0.1, 0.15) is 11.4 Å². The van der Waals surface area contributed by atoms with E-state index in [2.05, 4.69) is 27.2 Å². The summed E-state index contributed by atoms with van der Waals surface area (Å²) in [7, 11) is 1.66. The third-order valence-electron chi connectivity index (χ3n) is 5.85. The number of benzene rings is 2. The Kier molecular flexibility index (Phi) is 4.54. The Morgan fingerprint density at radius 3 is 2.28 bits per heavy atom. The molecular weight excluding hydrogens is 364 g/mol. The monoisotopic (exact) mass is 388 g/mol. The van der Waals surface area contributed by atoms with Gasteiger partial charge in [0, 0.05) is 48.4 Å². The van der Waals surface area contributed by atoms with Gasteiger partial charge in [0.15, 0.2) is 5.82 Å². The van der Waals surface area contributed by atoms with E-state index >= 15 is 0 Å². The van der Waals surface area contributed by atoms with E-state index in [-0.39, 0.29) is 5.92 Å². The van der Waals surface area contributed by atoms with Crippen LogP contribution in [0.3, 0.4) is 0 Å². The number of rotatable bonds is 4. The second-order valence-electron chi connectivity index (χ2n) is 7.73. The fourth-order valence-corrected chi connectivity index (χ4v) is 4.01. The molecule has 1 saturated carbocycles. The highest BCUT2D eigenvalue weighted by Gasteiger charge is 2.35. The Hall–Kier alpha value is -3.15. The number of ether oxygens (including phenoxy) is 1. The first-order chi connectivity index (χ1) is 14.2. The molecule has 0 N–H and O–H groups in total. The zero-order valence-corrected chi connectivity index (χ0v) is 16.5. The molecule has 6 nitrogen and oxygen atoms in total. The summed E-state index contributed by atoms with van der Waals surface area (Å²) in [4.78, 5) is 16.6. The molecule has 1 aromatic heterocycles. The third-order valence-corrected chi connectivity index (χ3v) is 5.85. The number of carbonyl (C=O) groups excluding carboxylic acids is 1. The van der Waals surface area contributed by atoms with Gasteiger partial charge in [-0.15, -0.1) is 10.2 Å². The van der Waals surface area contributed by atoms with Crippen molar-refractivity contribution in [2.24, 2.45) is 5.92 Å². The van der Waals surface area contributed by atoms with E-state index in [9.17, 15) is 4.79 Å². The van der Waals surface area contributed by atoms with Crippen LogP contribution in [0.4, 0.5) is 5.82 Å². The second-order valence-corrected chi connectivity index (χ2v) is 7.73. The molecule has 1 aliphatic heterocycles. The van der Waals surface area contributed by atoms with Crippen molar-refractivity contribution in [2.75, 3.05) is 38.2 Å². The molecule has 6 heteroatoms. The summed E-state index contributed by atoms with van der Waals surface area (Å²) >= 11 is 0. The maximum atomic E-state index is 12.3. The smallest absolute Gasteiger partial charge is 0.225 e. The molecule has 1 saturated heterocycles. The lowest BCUT2D eigenvalue weighted by molar-refractivity contribution is -0.132. The third kappa shape index (κ3) is 3.39. The van der Waals surface area contributed by atoms with Crippen molar-refractivity contribution in [1.29, 1.82) is 0 Å². The normalized spacial score (nSPS) is 16.9. The van der Waals surface area contributed by atoms with Crippen LogP contribution in [0.25, 0.3) is 22.0 Å². The first-order valence-electron chi connectivity index (χ1n) is 10.2. The average molecular weight is 388 g/mol. The number of aromatic nitrogens is 2. The molecule has 3 aromatic rings. The van der Waals surface area contributed by atoms with Crippen molar-refractivity contribution >= 4 is 22.5 Å². The number of methoxy groups -OCH3 is 1. The quantitative estimate of drug-likeness (QED) is 0.686. The van der Waals surface area contributed by atoms with E-state index in [1.165, 1.54) is 0 Å². The van der Waals surface area contributed by atoms with Crippen LogP contribution < -0.4 is 9.64 Å². The van der Waals surface area contributed by atoms with Crippen LogP contribution >= 0.6 is 0 Å². The molecule has 2 heterocycles. The number of hydrogen-bond acceptors (Lipinski definition) is 5. The van der Waals surface area contributed by atoms with Crippen molar-refractivity contribution < 1.29 is 9.53 Å². The molecule has 0 bridgehead atoms. The molecular formula is C23H24N4O2. The Morgan fingerprint density at radius 1 is 0.931 bits per heavy atom. The molecule has 148 valence electrons. The molecule has 2 fully saturated rings. The second kappa shape index (κ2) is 7.35. The van der Waals surface area contributed by atoms with Crippen molar-refractivity contribution in [2.45, 2.75) is 12.8 Å². The van der Waals surface area contributed by atoms with Gasteiger partial charge in [-0.3, -0.25) is 4.79 Å². The Bertz CT molecular complexity index is 1040. The topological polar surface area (TPSA) is 58.6 Å². The predicted molar refractivity (Wildman–Crippen MR) is 113 cm³/mol. The van der Waals surface area contributed by atoms with Gasteiger partial charge in [0.2, 0.25) is 5.91 Å². The molecule has 0 radical (unpaired) electrons. The van der Waals surface area contributed by atoms with Crippen molar-refractivity contribution in [3.63, 3.8) is 0 Å². The number of carbonyl (C=O) groups is 1. The van der Waals surface area contributed by atoms with Gasteiger partial charge in [0.25, 0.3) is 0 Å². The van der Waals surface area contributed by atoms with Crippen LogP contribution in [-0.4, -0.2) is 54.3 Å². The molecule has 1 amide bonds. The molecule has 29 heavy (non-hydrogen) atoms. The van der Waals surface area contributed by atoms with E-state index in [4.69, 9.17) is 4.74 Å². The number of nitrogens with zero attached hydrogens (tertiary/aromatic N) is 4. The summed E-state index contributed by atoms with van der Waals surface area (Å²) in [5, 5.41) is 11.4. The number of amides is 1. The lowest BCUT2D eigenvalue weighted by Gasteiger charge is -2.35. The number of fused-ring (bicyclic) bond motifs is 1. The minimum Gasteiger partial charge on any atom is -0.497 e. The first-order valence-corrected chi connectivity index (χ1v) is 10.2. The molecule has 0 spiro atoms. The summed E-state index contributed by atoms with van der Waals surface area (Å²) < 4.78 is 5.26. The van der Waals surface area contributed by atoms with Crippen LogP contribution in [-0.2, 0) is 4.79 Å². The summed E-state index contributed by atoms with van der Waals surface area (Å²) in [5.74, 6) is 2.33. The summed E-state index contributed by atoms with van der Waals surface area (Å²) in [6.07, 6.45) is 2.12. The fraction of sp³-hybridized carbons (Fsp3) is 0.348. The van der Waals surface area contributed by atoms with Gasteiger partial charge in [-0.05, 0) is 37.1 Å². The Labute approximate surface area is 170 Å². The van der Waals surface area contributed by atoms with Gasteiger partial charge < -0.3 is 14.5 Å². The molecule has 0 atom stereocenters. The lowest BCUT2D eigenvalue weighted by Crippen LogP contribution is -2.49. The maximum absolute atomic E-state index is 12.3. The van der Waals surface area contributed by atoms with E-state index in [0.29, 0.717) is 5.91 Å². The van der Waals surface area contributed by atoms with Crippen molar-refractivity contribution in [3.8, 4) is 17.0 Å². The molecule has 0 unspecified atom stereocenters. The Balaban J connectivity index is 1.44. The zero-order chi connectivity index (χ0) is 19.8. The van der Waals surface area contributed by atoms with Crippen LogP contribution in [0, 0.1) is 5.92 Å². The predicted octanol–water partition coefficient (Wildman–Crippen LogP) is 3.36. The van der Waals surface area contributed by atoms with Gasteiger partial charge in [-0.2, -0.15) is 0 Å². The van der Waals surface area contributed by atoms with Gasteiger partial charge in [0.05, 0.1) is 7.11 Å². The number of piperazine rings is 1. The fourth-order valence-electron chi connectivity index (χ4n) is 4.01. The first kappa shape index (κ1) is 17.9. The van der Waals surface area contributed by atoms with Gasteiger partial charge >= 0.3 is 0 Å². The van der Waals surface area contributed by atoms with E-state index in [1.54, 1.807) is 7.11 Å². The highest BCUT2D eigenvalue weighted by molar-refractivity contribution is 6.00. The molecule has 2 aromatic carbocycles. The van der Waals surface area contributed by atoms with Crippen molar-refractivity contribution in [3.05, 3.63) is 48.5 Å². The average Bonchev–Trinajstić information content (AvgIpc) is 3.64. The number of anilines is 1. The van der Waals surface area contributed by atoms with Crippen LogP contribution in [0.1, 0.15) is 12.8 Å². The van der Waals surface area contributed by atoms with E-state index in [1.807, 2.05) is 41.3 Å². The minimum absolute atomic E-state index is 0.283. The standard InChI is InChI=1S/C23H24N4O2/c1-29-18-10-8-16(9-11-18)21-19-4-2-3-5-20(19)22(25-24-21)26-12-14-27(15-13-26)23(28)17-6-7-17/h2-5,8-11,17H,6-7,12-15H2,1H3. The minimum atomic E-state index is 0.283. The zero-order valence-electron chi connectivity index (χ0n) is 16.5. The van der Waals surface area contributed by atoms with Crippen LogP contribution in [0.5, 0.6) is 5.75 Å². The summed E-state index contributed by atoms with van der Waals surface area (Å²) in [5.41, 5.74) is 1.88. The summed E-state index contributed by atoms with van der Waals surface area (Å²) in [6.45, 7) is 3.09. The highest BCUT2D eigenvalue weighted by atomic mass is 16.5. The van der Waals surface area contributed by atoms with Crippen LogP contribution in [0.15, 0.2) is 48.5 Å². The highest BCUT2D eigenvalue weighted by Crippen LogP contribution is 2.34. The van der Waals surface area contributed by atoms with E-state index in [0.717, 1.165) is 72.6 Å². The van der Waals surface area contributed by atoms with Gasteiger partial charge in [-0.1, -0.05) is 24.3 Å². The lowest BCUT2D eigenvalue weighted by atomic mass is 10.0. The largest absolute Gasteiger partial charge is 0.497 e. The van der Waals surface area contributed by atoms with Gasteiger partial charge in [-0.25, -0.2) is 0 Å². The maximum Gasteiger partial charge on any atom is 0.225 e. The summed E-state index contributed by atoms with van der Waals surface area (Å²) in [6, 6.07) is 16.2. The van der Waals surface area contributed by atoms with E-state index < -0.39 is 0 Å². The van der Waals surface area contributed by atoms with Crippen LogP contribution in [0.2, 0.25) is 0 Å². The molecule has 2 aliphatic rings.